The van der Waals surface area contributed by atoms with Crippen molar-refractivity contribution < 1.29 is 13.6 Å². The molecule has 0 N–H and O–H groups in total. The van der Waals surface area contributed by atoms with E-state index in [-0.39, 0.29) is 5.69 Å². The molecule has 2 aliphatic rings. The SMILES string of the molecule is O=CN(CCC1CCCN(c2c(F)cccc2F)C1)C1CCCCC1. The second-order valence-corrected chi connectivity index (χ2v) is 7.45. The molecule has 1 unspecified atom stereocenters. The predicted molar refractivity (Wildman–Crippen MR) is 95.6 cm³/mol. The maximum atomic E-state index is 14.0. The lowest BCUT2D eigenvalue weighted by Crippen LogP contribution is -2.40. The molecule has 1 amide bonds. The first-order chi connectivity index (χ1) is 12.2. The van der Waals surface area contributed by atoms with Crippen LogP contribution in [-0.2, 0) is 4.79 Å². The second kappa shape index (κ2) is 8.63. The number of nitrogens with zero attached hydrogens (tertiary/aromatic N) is 2. The fourth-order valence-corrected chi connectivity index (χ4v) is 4.36. The van der Waals surface area contributed by atoms with Crippen molar-refractivity contribution in [1.29, 1.82) is 0 Å². The number of rotatable bonds is 6. The van der Waals surface area contributed by atoms with Crippen molar-refractivity contribution in [2.24, 2.45) is 5.92 Å². The maximum Gasteiger partial charge on any atom is 0.209 e. The predicted octanol–water partition coefficient (Wildman–Crippen LogP) is 4.36. The molecule has 1 aromatic rings. The van der Waals surface area contributed by atoms with Crippen LogP contribution in [0.3, 0.4) is 0 Å². The fourth-order valence-electron chi connectivity index (χ4n) is 4.36. The van der Waals surface area contributed by atoms with Crippen LogP contribution in [0.15, 0.2) is 18.2 Å². The quantitative estimate of drug-likeness (QED) is 0.712. The molecule has 3 rings (SSSR count). The maximum absolute atomic E-state index is 14.0. The Bertz CT molecular complexity index is 555. The van der Waals surface area contributed by atoms with Crippen LogP contribution in [0.25, 0.3) is 0 Å². The standard InChI is InChI=1S/C20H28F2N2O/c21-18-9-4-10-19(22)20(18)23-12-5-6-16(14-23)11-13-24(15-25)17-7-2-1-3-8-17/h4,9-10,15-17H,1-3,5-8,11-14H2. The van der Waals surface area contributed by atoms with Crippen LogP contribution in [0, 0.1) is 17.6 Å². The van der Waals surface area contributed by atoms with Crippen molar-refractivity contribution in [3.05, 3.63) is 29.8 Å². The van der Waals surface area contributed by atoms with Crippen molar-refractivity contribution in [2.45, 2.75) is 57.4 Å². The summed E-state index contributed by atoms with van der Waals surface area (Å²) < 4.78 is 28.1. The highest BCUT2D eigenvalue weighted by Crippen LogP contribution is 2.30. The Morgan fingerprint density at radius 1 is 1.08 bits per heavy atom. The summed E-state index contributed by atoms with van der Waals surface area (Å²) in [7, 11) is 0. The van der Waals surface area contributed by atoms with Gasteiger partial charge in [0.2, 0.25) is 6.41 Å². The average molecular weight is 350 g/mol. The molecule has 2 fully saturated rings. The van der Waals surface area contributed by atoms with Gasteiger partial charge in [-0.25, -0.2) is 8.78 Å². The number of hydrogen-bond donors (Lipinski definition) is 0. The van der Waals surface area contributed by atoms with Gasteiger partial charge in [-0.1, -0.05) is 25.3 Å². The van der Waals surface area contributed by atoms with Crippen molar-refractivity contribution >= 4 is 12.1 Å². The van der Waals surface area contributed by atoms with Gasteiger partial charge in [0.1, 0.15) is 17.3 Å². The summed E-state index contributed by atoms with van der Waals surface area (Å²) in [6.07, 6.45) is 9.79. The van der Waals surface area contributed by atoms with E-state index in [2.05, 4.69) is 0 Å². The summed E-state index contributed by atoms with van der Waals surface area (Å²) in [5.41, 5.74) is 0.103. The van der Waals surface area contributed by atoms with E-state index in [0.717, 1.165) is 45.1 Å². The normalized spacial score (nSPS) is 22.0. The van der Waals surface area contributed by atoms with Crippen molar-refractivity contribution in [1.82, 2.24) is 4.90 Å². The molecular weight excluding hydrogens is 322 g/mol. The van der Waals surface area contributed by atoms with Gasteiger partial charge in [0.05, 0.1) is 0 Å². The topological polar surface area (TPSA) is 23.6 Å². The Morgan fingerprint density at radius 3 is 2.48 bits per heavy atom. The zero-order valence-electron chi connectivity index (χ0n) is 14.8. The highest BCUT2D eigenvalue weighted by molar-refractivity contribution is 5.49. The average Bonchev–Trinajstić information content (AvgIpc) is 2.63. The van der Waals surface area contributed by atoms with E-state index < -0.39 is 11.6 Å². The molecule has 5 heteroatoms. The van der Waals surface area contributed by atoms with E-state index in [0.29, 0.717) is 25.0 Å². The monoisotopic (exact) mass is 350 g/mol. The first-order valence-corrected chi connectivity index (χ1v) is 9.59. The number of carbonyl (C=O) groups excluding carboxylic acids is 1. The van der Waals surface area contributed by atoms with Crippen molar-refractivity contribution in [2.75, 3.05) is 24.5 Å². The molecular formula is C20H28F2N2O. The number of anilines is 1. The van der Waals surface area contributed by atoms with E-state index >= 15 is 0 Å². The molecule has 0 radical (unpaired) electrons. The molecule has 0 aromatic heterocycles. The van der Waals surface area contributed by atoms with Crippen LogP contribution in [0.5, 0.6) is 0 Å². The molecule has 1 saturated carbocycles. The van der Waals surface area contributed by atoms with Gasteiger partial charge in [-0.3, -0.25) is 4.79 Å². The highest BCUT2D eigenvalue weighted by atomic mass is 19.1. The first kappa shape index (κ1) is 18.2. The van der Waals surface area contributed by atoms with Gasteiger partial charge >= 0.3 is 0 Å². The summed E-state index contributed by atoms with van der Waals surface area (Å²) in [6, 6.07) is 4.43. The Kier molecular flexibility index (Phi) is 6.27. The van der Waals surface area contributed by atoms with Crippen LogP contribution in [-0.4, -0.2) is 37.0 Å². The van der Waals surface area contributed by atoms with Gasteiger partial charge in [-0.05, 0) is 50.2 Å². The van der Waals surface area contributed by atoms with Gasteiger partial charge in [0.25, 0.3) is 0 Å². The zero-order chi connectivity index (χ0) is 17.6. The smallest absolute Gasteiger partial charge is 0.209 e. The van der Waals surface area contributed by atoms with Crippen LogP contribution >= 0.6 is 0 Å². The summed E-state index contributed by atoms with van der Waals surface area (Å²) in [4.78, 5) is 15.3. The molecule has 1 heterocycles. The first-order valence-electron chi connectivity index (χ1n) is 9.59. The van der Waals surface area contributed by atoms with E-state index in [1.807, 2.05) is 9.80 Å². The Balaban J connectivity index is 1.57. The van der Waals surface area contributed by atoms with Crippen LogP contribution in [0.4, 0.5) is 14.5 Å². The van der Waals surface area contributed by atoms with Gasteiger partial charge in [-0.2, -0.15) is 0 Å². The van der Waals surface area contributed by atoms with Crippen molar-refractivity contribution in [3.63, 3.8) is 0 Å². The van der Waals surface area contributed by atoms with E-state index in [4.69, 9.17) is 0 Å². The number of carbonyl (C=O) groups is 1. The number of hydrogen-bond acceptors (Lipinski definition) is 2. The number of halogens is 2. The summed E-state index contributed by atoms with van der Waals surface area (Å²) >= 11 is 0. The molecule has 1 atom stereocenters. The Labute approximate surface area is 149 Å². The van der Waals surface area contributed by atoms with E-state index in [9.17, 15) is 13.6 Å². The van der Waals surface area contributed by atoms with Gasteiger partial charge in [0.15, 0.2) is 0 Å². The minimum Gasteiger partial charge on any atom is -0.367 e. The van der Waals surface area contributed by atoms with Crippen LogP contribution in [0.2, 0.25) is 0 Å². The number of para-hydroxylation sites is 1. The van der Waals surface area contributed by atoms with Gasteiger partial charge in [-0.15, -0.1) is 0 Å². The number of benzene rings is 1. The lowest BCUT2D eigenvalue weighted by molar-refractivity contribution is -0.121. The van der Waals surface area contributed by atoms with Crippen LogP contribution in [0.1, 0.15) is 51.4 Å². The molecule has 1 aromatic carbocycles. The zero-order valence-corrected chi connectivity index (χ0v) is 14.8. The third kappa shape index (κ3) is 4.50. The molecule has 1 aliphatic carbocycles. The fraction of sp³-hybridized carbons (Fsp3) is 0.650. The second-order valence-electron chi connectivity index (χ2n) is 7.45. The Hall–Kier alpha value is -1.65. The Morgan fingerprint density at radius 2 is 1.80 bits per heavy atom. The molecule has 0 bridgehead atoms. The number of piperidine rings is 1. The van der Waals surface area contributed by atoms with E-state index in [1.54, 1.807) is 0 Å². The summed E-state index contributed by atoms with van der Waals surface area (Å²) in [5.74, 6) is -0.603. The minimum atomic E-state index is -0.489. The van der Waals surface area contributed by atoms with Gasteiger partial charge < -0.3 is 9.80 Å². The third-order valence-corrected chi connectivity index (χ3v) is 5.75. The molecule has 1 aliphatic heterocycles. The lowest BCUT2D eigenvalue weighted by Gasteiger charge is -2.37. The molecule has 138 valence electrons. The molecule has 25 heavy (non-hydrogen) atoms. The summed E-state index contributed by atoms with van der Waals surface area (Å²) in [5, 5.41) is 0. The van der Waals surface area contributed by atoms with Crippen LogP contribution < -0.4 is 4.90 Å². The number of amides is 1. The molecule has 3 nitrogen and oxygen atoms in total. The van der Waals surface area contributed by atoms with E-state index in [1.165, 1.54) is 37.5 Å². The third-order valence-electron chi connectivity index (χ3n) is 5.75. The summed E-state index contributed by atoms with van der Waals surface area (Å²) in [6.45, 7) is 2.11. The minimum absolute atomic E-state index is 0.103. The lowest BCUT2D eigenvalue weighted by atomic mass is 9.92. The van der Waals surface area contributed by atoms with Crippen molar-refractivity contribution in [3.8, 4) is 0 Å². The largest absolute Gasteiger partial charge is 0.367 e. The highest BCUT2D eigenvalue weighted by Gasteiger charge is 2.26. The molecule has 1 saturated heterocycles. The van der Waals surface area contributed by atoms with Gasteiger partial charge in [0, 0.05) is 25.7 Å². The molecule has 0 spiro atoms.